The van der Waals surface area contributed by atoms with Crippen molar-refractivity contribution >= 4 is 15.9 Å². The highest BCUT2D eigenvalue weighted by Gasteiger charge is 2.23. The Morgan fingerprint density at radius 1 is 1.27 bits per heavy atom. The van der Waals surface area contributed by atoms with Crippen LogP contribution in [0.1, 0.15) is 45.6 Å². The molecule has 1 aromatic rings. The summed E-state index contributed by atoms with van der Waals surface area (Å²) < 4.78 is 21.7. The topological polar surface area (TPSA) is 89.3 Å². The lowest BCUT2D eigenvalue weighted by Gasteiger charge is -2.29. The Hall–Kier alpha value is -1.40. The average Bonchev–Trinajstić information content (AvgIpc) is 2.37. The van der Waals surface area contributed by atoms with E-state index in [2.05, 4.69) is 31.3 Å². The van der Waals surface area contributed by atoms with Crippen molar-refractivity contribution in [1.82, 2.24) is 5.32 Å². The third kappa shape index (κ3) is 7.04. The molecule has 0 fully saturated rings. The summed E-state index contributed by atoms with van der Waals surface area (Å²) in [4.78, 5) is 11.8. The van der Waals surface area contributed by atoms with Crippen molar-refractivity contribution in [2.75, 3.05) is 5.75 Å². The van der Waals surface area contributed by atoms with Gasteiger partial charge in [-0.1, -0.05) is 44.2 Å². The normalized spacial score (nSPS) is 13.6. The van der Waals surface area contributed by atoms with Crippen LogP contribution in [0.2, 0.25) is 0 Å². The monoisotopic (exact) mass is 326 g/mol. The second-order valence-corrected chi connectivity index (χ2v) is 8.13. The molecule has 0 saturated carbocycles. The van der Waals surface area contributed by atoms with Crippen molar-refractivity contribution in [3.05, 3.63) is 35.9 Å². The summed E-state index contributed by atoms with van der Waals surface area (Å²) in [5.41, 5.74) is 1.18. The number of sulfonamides is 1. The van der Waals surface area contributed by atoms with E-state index >= 15 is 0 Å². The van der Waals surface area contributed by atoms with Crippen molar-refractivity contribution in [3.63, 3.8) is 0 Å². The average molecular weight is 326 g/mol. The number of hydrogen-bond acceptors (Lipinski definition) is 3. The van der Waals surface area contributed by atoms with E-state index < -0.39 is 10.0 Å². The molecule has 5 nitrogen and oxygen atoms in total. The van der Waals surface area contributed by atoms with E-state index in [-0.39, 0.29) is 36.0 Å². The maximum absolute atomic E-state index is 11.8. The van der Waals surface area contributed by atoms with Gasteiger partial charge in [0, 0.05) is 12.5 Å². The van der Waals surface area contributed by atoms with Gasteiger partial charge < -0.3 is 5.32 Å². The predicted molar refractivity (Wildman–Crippen MR) is 88.9 cm³/mol. The lowest BCUT2D eigenvalue weighted by Crippen LogP contribution is -2.37. The first kappa shape index (κ1) is 18.6. The molecule has 0 heterocycles. The molecule has 22 heavy (non-hydrogen) atoms. The van der Waals surface area contributed by atoms with Gasteiger partial charge in [0.1, 0.15) is 0 Å². The van der Waals surface area contributed by atoms with Crippen molar-refractivity contribution < 1.29 is 13.2 Å². The van der Waals surface area contributed by atoms with E-state index in [9.17, 15) is 13.2 Å². The minimum Gasteiger partial charge on any atom is -0.354 e. The van der Waals surface area contributed by atoms with Gasteiger partial charge in [-0.25, -0.2) is 13.6 Å². The number of carbonyl (C=O) groups is 1. The van der Waals surface area contributed by atoms with Gasteiger partial charge in [0.2, 0.25) is 15.9 Å². The Morgan fingerprint density at radius 3 is 2.41 bits per heavy atom. The molecule has 1 amide bonds. The lowest BCUT2D eigenvalue weighted by atomic mass is 9.79. The zero-order chi connectivity index (χ0) is 16.8. The van der Waals surface area contributed by atoms with Gasteiger partial charge in [0.15, 0.2) is 0 Å². The number of hydrogen-bond donors (Lipinski definition) is 2. The first-order chi connectivity index (χ1) is 10.1. The summed E-state index contributed by atoms with van der Waals surface area (Å²) in [6.07, 6.45) is 1.23. The molecule has 6 heteroatoms. The van der Waals surface area contributed by atoms with Gasteiger partial charge in [-0.15, -0.1) is 0 Å². The Bertz CT molecular complexity index is 583. The van der Waals surface area contributed by atoms with Gasteiger partial charge in [-0.3, -0.25) is 4.79 Å². The summed E-state index contributed by atoms with van der Waals surface area (Å²) in [7, 11) is -3.49. The second-order valence-electron chi connectivity index (χ2n) is 6.39. The number of primary sulfonamides is 1. The molecule has 3 N–H and O–H groups in total. The molecular weight excluding hydrogens is 300 g/mol. The van der Waals surface area contributed by atoms with Crippen molar-refractivity contribution in [3.8, 4) is 0 Å². The summed E-state index contributed by atoms with van der Waals surface area (Å²) in [5.74, 6) is -0.301. The van der Waals surface area contributed by atoms with Crippen LogP contribution in [0.5, 0.6) is 0 Å². The van der Waals surface area contributed by atoms with Crippen molar-refractivity contribution in [2.24, 2.45) is 5.14 Å². The van der Waals surface area contributed by atoms with Crippen LogP contribution >= 0.6 is 0 Å². The van der Waals surface area contributed by atoms with Crippen LogP contribution in [0.15, 0.2) is 30.3 Å². The standard InChI is InChI=1S/C16H26N2O3S/c1-13(18-15(19)10-7-11-22(17,20)21)12-16(2,3)14-8-5-4-6-9-14/h4-6,8-9,13H,7,10-12H2,1-3H3,(H,18,19)(H2,17,20,21)/t13-/m1/s1. The molecule has 0 saturated heterocycles. The molecule has 0 spiro atoms. The highest BCUT2D eigenvalue weighted by molar-refractivity contribution is 7.89. The molecule has 0 radical (unpaired) electrons. The van der Waals surface area contributed by atoms with E-state index in [1.54, 1.807) is 0 Å². The third-order valence-electron chi connectivity index (χ3n) is 3.61. The molecule has 1 atom stereocenters. The maximum Gasteiger partial charge on any atom is 0.220 e. The summed E-state index contributed by atoms with van der Waals surface area (Å²) >= 11 is 0. The molecule has 0 aliphatic heterocycles. The van der Waals surface area contributed by atoms with E-state index in [1.807, 2.05) is 25.1 Å². The zero-order valence-corrected chi connectivity index (χ0v) is 14.3. The number of benzene rings is 1. The summed E-state index contributed by atoms with van der Waals surface area (Å²) in [6, 6.07) is 10.2. The van der Waals surface area contributed by atoms with Crippen LogP contribution in [0.3, 0.4) is 0 Å². The number of carbonyl (C=O) groups excluding carboxylic acids is 1. The first-order valence-electron chi connectivity index (χ1n) is 7.45. The SMILES string of the molecule is C[C@H](CC(C)(C)c1ccccc1)NC(=O)CCCS(N)(=O)=O. The van der Waals surface area contributed by atoms with Crippen LogP contribution in [-0.4, -0.2) is 26.1 Å². The highest BCUT2D eigenvalue weighted by atomic mass is 32.2. The van der Waals surface area contributed by atoms with Gasteiger partial charge in [-0.05, 0) is 30.7 Å². The minimum absolute atomic E-state index is 0.0113. The molecule has 0 aromatic heterocycles. The quantitative estimate of drug-likeness (QED) is 0.765. The molecule has 0 aliphatic carbocycles. The third-order valence-corrected chi connectivity index (χ3v) is 4.47. The molecule has 0 bridgehead atoms. The smallest absolute Gasteiger partial charge is 0.220 e. The first-order valence-corrected chi connectivity index (χ1v) is 9.17. The Morgan fingerprint density at radius 2 is 1.86 bits per heavy atom. The van der Waals surface area contributed by atoms with E-state index in [0.717, 1.165) is 6.42 Å². The van der Waals surface area contributed by atoms with Crippen molar-refractivity contribution in [2.45, 2.75) is 51.5 Å². The second kappa shape index (κ2) is 7.74. The largest absolute Gasteiger partial charge is 0.354 e. The molecular formula is C16H26N2O3S. The highest BCUT2D eigenvalue weighted by Crippen LogP contribution is 2.28. The number of nitrogens with two attached hydrogens (primary N) is 1. The van der Waals surface area contributed by atoms with Gasteiger partial charge in [-0.2, -0.15) is 0 Å². The number of rotatable bonds is 8. The van der Waals surface area contributed by atoms with Crippen LogP contribution in [0.4, 0.5) is 0 Å². The fraction of sp³-hybridized carbons (Fsp3) is 0.562. The summed E-state index contributed by atoms with van der Waals surface area (Å²) in [5, 5.41) is 7.83. The number of nitrogens with one attached hydrogen (secondary N) is 1. The molecule has 1 rings (SSSR count). The fourth-order valence-electron chi connectivity index (χ4n) is 2.60. The van der Waals surface area contributed by atoms with Crippen LogP contribution in [0, 0.1) is 0 Å². The van der Waals surface area contributed by atoms with Crippen LogP contribution in [0.25, 0.3) is 0 Å². The Balaban J connectivity index is 2.45. The van der Waals surface area contributed by atoms with Crippen LogP contribution < -0.4 is 10.5 Å². The minimum atomic E-state index is -3.49. The Kier molecular flexibility index (Phi) is 6.56. The fourth-order valence-corrected chi connectivity index (χ4v) is 3.15. The van der Waals surface area contributed by atoms with Crippen molar-refractivity contribution in [1.29, 1.82) is 0 Å². The van der Waals surface area contributed by atoms with E-state index in [4.69, 9.17) is 5.14 Å². The molecule has 0 unspecified atom stereocenters. The van der Waals surface area contributed by atoms with E-state index in [0.29, 0.717) is 0 Å². The van der Waals surface area contributed by atoms with Gasteiger partial charge in [0.05, 0.1) is 5.75 Å². The molecule has 124 valence electrons. The van der Waals surface area contributed by atoms with E-state index in [1.165, 1.54) is 5.56 Å². The molecule has 0 aliphatic rings. The van der Waals surface area contributed by atoms with Crippen LogP contribution in [-0.2, 0) is 20.2 Å². The van der Waals surface area contributed by atoms with Gasteiger partial charge >= 0.3 is 0 Å². The van der Waals surface area contributed by atoms with Gasteiger partial charge in [0.25, 0.3) is 0 Å². The number of amides is 1. The summed E-state index contributed by atoms with van der Waals surface area (Å²) in [6.45, 7) is 6.25. The maximum atomic E-state index is 11.8. The zero-order valence-electron chi connectivity index (χ0n) is 13.5. The Labute approximate surface area is 133 Å². The predicted octanol–water partition coefficient (Wildman–Crippen LogP) is 1.93. The lowest BCUT2D eigenvalue weighted by molar-refractivity contribution is -0.121. The molecule has 1 aromatic carbocycles.